The van der Waals surface area contributed by atoms with Crippen LogP contribution in [-0.4, -0.2) is 5.97 Å². The Hall–Kier alpha value is -3.39. The van der Waals surface area contributed by atoms with Crippen molar-refractivity contribution < 1.29 is 27.1 Å². The molecule has 4 nitrogen and oxygen atoms in total. The maximum atomic E-state index is 13.6. The van der Waals surface area contributed by atoms with E-state index < -0.39 is 28.9 Å². The largest absolute Gasteiger partial charge is 0.450 e. The van der Waals surface area contributed by atoms with Crippen LogP contribution in [0.3, 0.4) is 0 Å². The third kappa shape index (κ3) is 3.99. The van der Waals surface area contributed by atoms with Crippen LogP contribution in [0.4, 0.5) is 13.2 Å². The summed E-state index contributed by atoms with van der Waals surface area (Å²) in [5.74, 6) is -1.97. The summed E-state index contributed by atoms with van der Waals surface area (Å²) in [7, 11) is 0. The first-order chi connectivity index (χ1) is 14.3. The average Bonchev–Trinajstić information content (AvgIpc) is 3.20. The SMILES string of the molecule is O=C(Cc1cccs1)Oc1ccc2c(=O)c(-c3ccccc3)c(C(F)(F)F)oc2c1. The molecular formula is C22H13F3O4S. The van der Waals surface area contributed by atoms with Gasteiger partial charge >= 0.3 is 12.1 Å². The summed E-state index contributed by atoms with van der Waals surface area (Å²) in [6, 6.07) is 14.9. The Morgan fingerprint density at radius 1 is 1.03 bits per heavy atom. The summed E-state index contributed by atoms with van der Waals surface area (Å²) in [4.78, 5) is 25.7. The van der Waals surface area contributed by atoms with Gasteiger partial charge in [-0.3, -0.25) is 9.59 Å². The Morgan fingerprint density at radius 2 is 1.80 bits per heavy atom. The minimum Gasteiger partial charge on any atom is -0.450 e. The van der Waals surface area contributed by atoms with E-state index in [4.69, 9.17) is 9.15 Å². The molecule has 0 fully saturated rings. The lowest BCUT2D eigenvalue weighted by atomic mass is 10.0. The van der Waals surface area contributed by atoms with Gasteiger partial charge in [-0.15, -0.1) is 11.3 Å². The fraction of sp³-hybridized carbons (Fsp3) is 0.0909. The van der Waals surface area contributed by atoms with Gasteiger partial charge in [0.1, 0.15) is 11.3 Å². The third-order valence-corrected chi connectivity index (χ3v) is 5.19. The zero-order valence-corrected chi connectivity index (χ0v) is 16.0. The molecular weight excluding hydrogens is 417 g/mol. The second-order valence-corrected chi connectivity index (χ2v) is 7.42. The Bertz CT molecular complexity index is 1260. The van der Waals surface area contributed by atoms with Crippen molar-refractivity contribution in [3.8, 4) is 16.9 Å². The first-order valence-electron chi connectivity index (χ1n) is 8.79. The molecule has 0 saturated heterocycles. The van der Waals surface area contributed by atoms with E-state index in [0.717, 1.165) is 10.9 Å². The molecule has 0 aliphatic carbocycles. The number of rotatable bonds is 4. The molecule has 0 saturated carbocycles. The Morgan fingerprint density at radius 3 is 2.47 bits per heavy atom. The number of halogens is 3. The predicted octanol–water partition coefficient (Wildman–Crippen LogP) is 5.69. The van der Waals surface area contributed by atoms with Crippen molar-refractivity contribution in [2.45, 2.75) is 12.6 Å². The molecule has 0 aliphatic rings. The fourth-order valence-corrected chi connectivity index (χ4v) is 3.72. The standard InChI is InChI=1S/C22H13F3O4S/c23-22(24,25)21-19(13-5-2-1-3-6-13)20(27)16-9-8-14(11-17(16)29-21)28-18(26)12-15-7-4-10-30-15/h1-11H,12H2. The molecule has 8 heteroatoms. The second kappa shape index (κ2) is 7.79. The number of thiophene rings is 1. The molecule has 0 unspecified atom stereocenters. The van der Waals surface area contributed by atoms with Crippen molar-refractivity contribution in [3.05, 3.63) is 86.9 Å². The zero-order chi connectivity index (χ0) is 21.3. The number of esters is 1. The maximum Gasteiger partial charge on any atom is 0.450 e. The van der Waals surface area contributed by atoms with Crippen molar-refractivity contribution in [3.63, 3.8) is 0 Å². The molecule has 152 valence electrons. The van der Waals surface area contributed by atoms with Crippen molar-refractivity contribution in [2.24, 2.45) is 0 Å². The number of fused-ring (bicyclic) bond motifs is 1. The number of benzene rings is 2. The third-order valence-electron chi connectivity index (χ3n) is 4.31. The molecule has 2 aromatic carbocycles. The van der Waals surface area contributed by atoms with Gasteiger partial charge in [0.2, 0.25) is 11.2 Å². The highest BCUT2D eigenvalue weighted by Gasteiger charge is 2.39. The Balaban J connectivity index is 1.77. The Labute approximate surface area is 172 Å². The summed E-state index contributed by atoms with van der Waals surface area (Å²) in [6.45, 7) is 0. The van der Waals surface area contributed by atoms with E-state index in [0.29, 0.717) is 0 Å². The average molecular weight is 430 g/mol. The van der Waals surface area contributed by atoms with Crippen LogP contribution in [0, 0.1) is 0 Å². The molecule has 0 atom stereocenters. The number of hydrogen-bond donors (Lipinski definition) is 0. The van der Waals surface area contributed by atoms with Gasteiger partial charge < -0.3 is 9.15 Å². The molecule has 2 heterocycles. The topological polar surface area (TPSA) is 56.5 Å². The number of carbonyl (C=O) groups is 1. The summed E-state index contributed by atoms with van der Waals surface area (Å²) in [5, 5.41) is 1.77. The van der Waals surface area contributed by atoms with Crippen LogP contribution in [0.25, 0.3) is 22.1 Å². The molecule has 0 spiro atoms. The highest BCUT2D eigenvalue weighted by Crippen LogP contribution is 2.37. The Kier molecular flexibility index (Phi) is 5.17. The van der Waals surface area contributed by atoms with E-state index in [1.807, 2.05) is 5.38 Å². The van der Waals surface area contributed by atoms with E-state index in [9.17, 15) is 22.8 Å². The van der Waals surface area contributed by atoms with E-state index >= 15 is 0 Å². The summed E-state index contributed by atoms with van der Waals surface area (Å²) in [6.07, 6.45) is -4.86. The van der Waals surface area contributed by atoms with Crippen LogP contribution in [0.1, 0.15) is 10.6 Å². The van der Waals surface area contributed by atoms with E-state index in [1.54, 1.807) is 18.2 Å². The highest BCUT2D eigenvalue weighted by molar-refractivity contribution is 7.10. The predicted molar refractivity (Wildman–Crippen MR) is 107 cm³/mol. The van der Waals surface area contributed by atoms with Crippen molar-refractivity contribution in [2.75, 3.05) is 0 Å². The lowest BCUT2D eigenvalue weighted by Crippen LogP contribution is -2.16. The highest BCUT2D eigenvalue weighted by atomic mass is 32.1. The lowest BCUT2D eigenvalue weighted by Gasteiger charge is -2.13. The number of carbonyl (C=O) groups excluding carboxylic acids is 1. The first kappa shape index (κ1) is 19.9. The van der Waals surface area contributed by atoms with Crippen LogP contribution in [-0.2, 0) is 17.4 Å². The van der Waals surface area contributed by atoms with Gasteiger partial charge in [0.25, 0.3) is 0 Å². The van der Waals surface area contributed by atoms with Gasteiger partial charge in [0, 0.05) is 10.9 Å². The summed E-state index contributed by atoms with van der Waals surface area (Å²) in [5.41, 5.74) is -1.58. The minimum atomic E-state index is -4.88. The van der Waals surface area contributed by atoms with Crippen molar-refractivity contribution >= 4 is 28.3 Å². The lowest BCUT2D eigenvalue weighted by molar-refractivity contribution is -0.152. The van der Waals surface area contributed by atoms with E-state index in [1.165, 1.54) is 47.7 Å². The molecule has 30 heavy (non-hydrogen) atoms. The molecule has 4 rings (SSSR count). The second-order valence-electron chi connectivity index (χ2n) is 6.39. The molecule has 4 aromatic rings. The molecule has 0 bridgehead atoms. The van der Waals surface area contributed by atoms with E-state index in [-0.39, 0.29) is 28.7 Å². The van der Waals surface area contributed by atoms with Crippen molar-refractivity contribution in [1.82, 2.24) is 0 Å². The zero-order valence-electron chi connectivity index (χ0n) is 15.2. The maximum absolute atomic E-state index is 13.6. The van der Waals surface area contributed by atoms with Gasteiger partial charge in [-0.1, -0.05) is 36.4 Å². The monoisotopic (exact) mass is 430 g/mol. The van der Waals surface area contributed by atoms with Crippen molar-refractivity contribution in [1.29, 1.82) is 0 Å². The number of ether oxygens (including phenoxy) is 1. The van der Waals surface area contributed by atoms with Gasteiger partial charge in [-0.05, 0) is 29.1 Å². The van der Waals surface area contributed by atoms with Crippen LogP contribution < -0.4 is 10.2 Å². The van der Waals surface area contributed by atoms with Gasteiger partial charge in [0.05, 0.1) is 17.4 Å². The first-order valence-corrected chi connectivity index (χ1v) is 9.67. The minimum absolute atomic E-state index is 0.00667. The van der Waals surface area contributed by atoms with Crippen LogP contribution in [0.2, 0.25) is 0 Å². The normalized spacial score (nSPS) is 11.6. The molecule has 0 radical (unpaired) electrons. The van der Waals surface area contributed by atoms with E-state index in [2.05, 4.69) is 0 Å². The van der Waals surface area contributed by atoms with Gasteiger partial charge in [0.15, 0.2) is 0 Å². The summed E-state index contributed by atoms with van der Waals surface area (Å²) >= 11 is 1.38. The quantitative estimate of drug-likeness (QED) is 0.308. The summed E-state index contributed by atoms with van der Waals surface area (Å²) < 4.78 is 51.2. The van der Waals surface area contributed by atoms with Crippen LogP contribution in [0.15, 0.2) is 75.3 Å². The molecule has 2 aromatic heterocycles. The molecule has 0 amide bonds. The van der Waals surface area contributed by atoms with Crippen LogP contribution >= 0.6 is 11.3 Å². The fourth-order valence-electron chi connectivity index (χ4n) is 3.03. The van der Waals surface area contributed by atoms with Gasteiger partial charge in [-0.25, -0.2) is 0 Å². The number of hydrogen-bond acceptors (Lipinski definition) is 5. The smallest absolute Gasteiger partial charge is 0.450 e. The van der Waals surface area contributed by atoms with Crippen LogP contribution in [0.5, 0.6) is 5.75 Å². The molecule has 0 N–H and O–H groups in total. The molecule has 0 aliphatic heterocycles. The van der Waals surface area contributed by atoms with Gasteiger partial charge in [-0.2, -0.15) is 13.2 Å². The number of alkyl halides is 3.